The summed E-state index contributed by atoms with van der Waals surface area (Å²) in [5.74, 6) is 0.714. The number of hydrogen-bond donors (Lipinski definition) is 0. The number of nitrogens with zero attached hydrogens (tertiary/aromatic N) is 3. The summed E-state index contributed by atoms with van der Waals surface area (Å²) in [5, 5.41) is 0.564. The van der Waals surface area contributed by atoms with Gasteiger partial charge in [0.1, 0.15) is 0 Å². The average Bonchev–Trinajstić information content (AvgIpc) is 2.55. The molecule has 0 amide bonds. The smallest absolute Gasteiger partial charge is 0.262 e. The van der Waals surface area contributed by atoms with Crippen molar-refractivity contribution in [3.63, 3.8) is 0 Å². The highest BCUT2D eigenvalue weighted by atomic mass is 16.1. The Kier molecular flexibility index (Phi) is 3.25. The molecule has 0 saturated carbocycles. The van der Waals surface area contributed by atoms with E-state index in [1.54, 1.807) is 4.57 Å². The highest BCUT2D eigenvalue weighted by molar-refractivity contribution is 6.05. The number of rotatable bonds is 1. The molecular weight excluding hydrogens is 290 g/mol. The first-order chi connectivity index (χ1) is 11.1. The van der Waals surface area contributed by atoms with Crippen LogP contribution in [0.5, 0.6) is 0 Å². The molecular formula is C18H21N3O2. The van der Waals surface area contributed by atoms with Gasteiger partial charge in [0.25, 0.3) is 5.56 Å². The van der Waals surface area contributed by atoms with Crippen LogP contribution in [0.2, 0.25) is 0 Å². The Morgan fingerprint density at radius 1 is 1.22 bits per heavy atom. The number of ketones is 1. The van der Waals surface area contributed by atoms with Crippen molar-refractivity contribution in [2.24, 2.45) is 0 Å². The van der Waals surface area contributed by atoms with Gasteiger partial charge in [0, 0.05) is 24.7 Å². The van der Waals surface area contributed by atoms with Gasteiger partial charge >= 0.3 is 0 Å². The third-order valence-electron chi connectivity index (χ3n) is 5.13. The zero-order chi connectivity index (χ0) is 16.1. The van der Waals surface area contributed by atoms with Gasteiger partial charge in [-0.15, -0.1) is 0 Å². The van der Waals surface area contributed by atoms with E-state index in [4.69, 9.17) is 4.98 Å². The number of carbonyl (C=O) groups excluding carboxylic acids is 1. The van der Waals surface area contributed by atoms with Gasteiger partial charge in [0.05, 0.1) is 10.9 Å². The Labute approximate surface area is 134 Å². The number of benzene rings is 1. The lowest BCUT2D eigenvalue weighted by atomic mass is 9.97. The highest BCUT2D eigenvalue weighted by Gasteiger charge is 2.31. The standard InChI is InChI=1S/C18H21N3O2/c1-11-9-14(12(2)22)16-15(10-11)17(23)21-8-6-13-5-3-4-7-20(13)18(21)19-16/h9-10,13H,3-8H2,1-2H3. The molecule has 1 saturated heterocycles. The molecule has 1 atom stereocenters. The molecule has 0 aliphatic carbocycles. The van der Waals surface area contributed by atoms with Crippen LogP contribution in [0.4, 0.5) is 5.95 Å². The third kappa shape index (κ3) is 2.18. The van der Waals surface area contributed by atoms with Gasteiger partial charge in [-0.2, -0.15) is 0 Å². The maximum Gasteiger partial charge on any atom is 0.262 e. The van der Waals surface area contributed by atoms with Crippen LogP contribution in [0.15, 0.2) is 16.9 Å². The molecule has 2 aliphatic rings. The molecule has 1 unspecified atom stereocenters. The lowest BCUT2D eigenvalue weighted by molar-refractivity contribution is 0.101. The van der Waals surface area contributed by atoms with E-state index < -0.39 is 0 Å². The van der Waals surface area contributed by atoms with Crippen LogP contribution in [-0.4, -0.2) is 27.9 Å². The van der Waals surface area contributed by atoms with Crippen LogP contribution in [-0.2, 0) is 6.54 Å². The number of anilines is 1. The Morgan fingerprint density at radius 3 is 2.83 bits per heavy atom. The molecule has 0 bridgehead atoms. The maximum atomic E-state index is 13.0. The summed E-state index contributed by atoms with van der Waals surface area (Å²) in [6.07, 6.45) is 4.56. The Morgan fingerprint density at radius 2 is 2.04 bits per heavy atom. The van der Waals surface area contributed by atoms with Gasteiger partial charge in [0.2, 0.25) is 5.95 Å². The minimum atomic E-state index is -0.0402. The largest absolute Gasteiger partial charge is 0.339 e. The molecule has 1 aromatic heterocycles. The first-order valence-electron chi connectivity index (χ1n) is 8.39. The van der Waals surface area contributed by atoms with E-state index in [2.05, 4.69) is 4.90 Å². The lowest BCUT2D eigenvalue weighted by Gasteiger charge is -2.41. The monoisotopic (exact) mass is 311 g/mol. The van der Waals surface area contributed by atoms with E-state index in [0.29, 0.717) is 22.5 Å². The van der Waals surface area contributed by atoms with E-state index in [9.17, 15) is 9.59 Å². The molecule has 3 heterocycles. The van der Waals surface area contributed by atoms with Crippen LogP contribution in [0.25, 0.3) is 10.9 Å². The summed E-state index contributed by atoms with van der Waals surface area (Å²) < 4.78 is 1.80. The van der Waals surface area contributed by atoms with Crippen molar-refractivity contribution in [2.45, 2.75) is 52.1 Å². The van der Waals surface area contributed by atoms with Crippen LogP contribution in [0.3, 0.4) is 0 Å². The van der Waals surface area contributed by atoms with Crippen molar-refractivity contribution in [1.82, 2.24) is 9.55 Å². The summed E-state index contributed by atoms with van der Waals surface area (Å²) in [5.41, 5.74) is 2.03. The molecule has 1 aromatic carbocycles. The van der Waals surface area contributed by atoms with E-state index >= 15 is 0 Å². The van der Waals surface area contributed by atoms with Crippen molar-refractivity contribution in [3.05, 3.63) is 33.6 Å². The van der Waals surface area contributed by atoms with Gasteiger partial charge in [-0.25, -0.2) is 4.98 Å². The minimum Gasteiger partial charge on any atom is -0.339 e. The predicted molar refractivity (Wildman–Crippen MR) is 90.3 cm³/mol. The number of Topliss-reactive ketones (excluding diaryl/α,β-unsaturated/α-hetero) is 1. The fourth-order valence-corrected chi connectivity index (χ4v) is 3.99. The number of hydrogen-bond acceptors (Lipinski definition) is 4. The van der Waals surface area contributed by atoms with Gasteiger partial charge in [-0.1, -0.05) is 0 Å². The fraction of sp³-hybridized carbons (Fsp3) is 0.500. The van der Waals surface area contributed by atoms with Crippen molar-refractivity contribution in [3.8, 4) is 0 Å². The van der Waals surface area contributed by atoms with Gasteiger partial charge in [-0.05, 0) is 57.2 Å². The first kappa shape index (κ1) is 14.4. The lowest BCUT2D eigenvalue weighted by Crippen LogP contribution is -2.48. The second-order valence-electron chi connectivity index (χ2n) is 6.77. The van der Waals surface area contributed by atoms with Crippen LogP contribution in [0.1, 0.15) is 48.5 Å². The van der Waals surface area contributed by atoms with Crippen molar-refractivity contribution >= 4 is 22.6 Å². The Hall–Kier alpha value is -2.17. The second-order valence-corrected chi connectivity index (χ2v) is 6.77. The summed E-state index contributed by atoms with van der Waals surface area (Å²) in [4.78, 5) is 32.0. The first-order valence-corrected chi connectivity index (χ1v) is 8.39. The molecule has 5 nitrogen and oxygen atoms in total. The quantitative estimate of drug-likeness (QED) is 0.760. The van der Waals surface area contributed by atoms with Crippen molar-refractivity contribution in [1.29, 1.82) is 0 Å². The topological polar surface area (TPSA) is 55.2 Å². The summed E-state index contributed by atoms with van der Waals surface area (Å²) in [7, 11) is 0. The Bertz CT molecular complexity index is 869. The highest BCUT2D eigenvalue weighted by Crippen LogP contribution is 2.30. The van der Waals surface area contributed by atoms with Gasteiger partial charge < -0.3 is 4.90 Å². The van der Waals surface area contributed by atoms with E-state index in [0.717, 1.165) is 37.4 Å². The third-order valence-corrected chi connectivity index (χ3v) is 5.13. The molecule has 0 radical (unpaired) electrons. The zero-order valence-electron chi connectivity index (χ0n) is 13.6. The molecule has 2 aliphatic heterocycles. The van der Waals surface area contributed by atoms with E-state index in [-0.39, 0.29) is 11.3 Å². The molecule has 5 heteroatoms. The maximum absolute atomic E-state index is 13.0. The minimum absolute atomic E-state index is 0.0137. The fourth-order valence-electron chi connectivity index (χ4n) is 3.99. The molecule has 2 aromatic rings. The summed E-state index contributed by atoms with van der Waals surface area (Å²) in [6.45, 7) is 5.12. The predicted octanol–water partition coefficient (Wildman–Crippen LogP) is 2.67. The van der Waals surface area contributed by atoms with E-state index in [1.807, 2.05) is 19.1 Å². The molecule has 1 fully saturated rings. The molecule has 23 heavy (non-hydrogen) atoms. The second kappa shape index (κ2) is 5.18. The number of carbonyl (C=O) groups is 1. The van der Waals surface area contributed by atoms with Crippen molar-refractivity contribution in [2.75, 3.05) is 11.4 Å². The van der Waals surface area contributed by atoms with Gasteiger partial charge in [-0.3, -0.25) is 14.2 Å². The molecule has 0 N–H and O–H groups in total. The SMILES string of the molecule is CC(=O)c1cc(C)cc2c(=O)n3c(nc12)N1CCCCC1CC3. The summed E-state index contributed by atoms with van der Waals surface area (Å²) >= 11 is 0. The zero-order valence-corrected chi connectivity index (χ0v) is 13.6. The normalized spacial score (nSPS) is 20.3. The number of aryl methyl sites for hydroxylation is 1. The van der Waals surface area contributed by atoms with Crippen LogP contribution < -0.4 is 10.5 Å². The molecule has 4 rings (SSSR count). The van der Waals surface area contributed by atoms with Crippen LogP contribution >= 0.6 is 0 Å². The Balaban J connectivity index is 2.02. The molecule has 0 spiro atoms. The molecule has 120 valence electrons. The number of piperidine rings is 1. The number of fused-ring (bicyclic) bond motifs is 4. The summed E-state index contributed by atoms with van der Waals surface area (Å²) in [6, 6.07) is 4.18. The van der Waals surface area contributed by atoms with Crippen LogP contribution in [0, 0.1) is 6.92 Å². The average molecular weight is 311 g/mol. The van der Waals surface area contributed by atoms with Gasteiger partial charge in [0.15, 0.2) is 5.78 Å². The van der Waals surface area contributed by atoms with Crippen molar-refractivity contribution < 1.29 is 4.79 Å². The van der Waals surface area contributed by atoms with E-state index in [1.165, 1.54) is 19.8 Å². The number of aromatic nitrogens is 2.